The Balaban J connectivity index is 1.54. The van der Waals surface area contributed by atoms with Crippen molar-refractivity contribution in [1.82, 2.24) is 10.6 Å². The minimum absolute atomic E-state index is 0.140. The second kappa shape index (κ2) is 9.39. The summed E-state index contributed by atoms with van der Waals surface area (Å²) in [7, 11) is 0. The highest BCUT2D eigenvalue weighted by molar-refractivity contribution is 5.85. The lowest BCUT2D eigenvalue weighted by molar-refractivity contribution is -0.149. The number of rotatable bonds is 6. The molecule has 162 valence electrons. The molecule has 0 radical (unpaired) electrons. The Morgan fingerprint density at radius 1 is 0.969 bits per heavy atom. The maximum absolute atomic E-state index is 13.0. The van der Waals surface area contributed by atoms with E-state index in [-0.39, 0.29) is 6.61 Å². The molecule has 0 bridgehead atoms. The third-order valence-corrected chi connectivity index (χ3v) is 5.22. The van der Waals surface area contributed by atoms with Gasteiger partial charge in [0.15, 0.2) is 0 Å². The molecule has 2 unspecified atom stereocenters. The normalized spacial score (nSPS) is 17.8. The predicted octanol–water partition coefficient (Wildman–Crippen LogP) is 5.01. The van der Waals surface area contributed by atoms with Crippen molar-refractivity contribution < 1.29 is 19.1 Å². The summed E-state index contributed by atoms with van der Waals surface area (Å²) in [4.78, 5) is 25.2. The van der Waals surface area contributed by atoms with Crippen LogP contribution >= 0.6 is 0 Å². The van der Waals surface area contributed by atoms with Gasteiger partial charge in [-0.15, -0.1) is 0 Å². The smallest absolute Gasteiger partial charge is 0.319 e. The molecule has 6 heteroatoms. The monoisotopic (exact) mass is 428 g/mol. The van der Waals surface area contributed by atoms with Crippen LogP contribution < -0.4 is 15.4 Å². The Hall–Kier alpha value is -4.06. The zero-order valence-corrected chi connectivity index (χ0v) is 17.7. The summed E-state index contributed by atoms with van der Waals surface area (Å²) in [5.74, 6) is 0.0314. The maximum atomic E-state index is 13.0. The number of ether oxygens (including phenoxy) is 2. The SMILES string of the molecule is C=C1NC(=O)NC(c2cccc(Oc3ccccc3)c2)C1C(=O)OCc1ccc(C)cc1. The van der Waals surface area contributed by atoms with Crippen LogP contribution in [0.5, 0.6) is 11.5 Å². The van der Waals surface area contributed by atoms with Crippen molar-refractivity contribution in [2.24, 2.45) is 5.92 Å². The lowest BCUT2D eigenvalue weighted by Crippen LogP contribution is -2.51. The molecule has 1 heterocycles. The van der Waals surface area contributed by atoms with Crippen LogP contribution in [0.25, 0.3) is 0 Å². The van der Waals surface area contributed by atoms with E-state index in [0.29, 0.717) is 22.8 Å². The molecule has 0 spiro atoms. The first kappa shape index (κ1) is 21.2. The van der Waals surface area contributed by atoms with E-state index < -0.39 is 24.0 Å². The topological polar surface area (TPSA) is 76.7 Å². The summed E-state index contributed by atoms with van der Waals surface area (Å²) in [6.07, 6.45) is 0. The molecule has 0 saturated carbocycles. The van der Waals surface area contributed by atoms with Crippen LogP contribution in [-0.2, 0) is 16.1 Å². The van der Waals surface area contributed by atoms with Crippen molar-refractivity contribution >= 4 is 12.0 Å². The maximum Gasteiger partial charge on any atom is 0.319 e. The highest BCUT2D eigenvalue weighted by Gasteiger charge is 2.39. The quantitative estimate of drug-likeness (QED) is 0.541. The van der Waals surface area contributed by atoms with Crippen LogP contribution in [0.1, 0.15) is 22.7 Å². The van der Waals surface area contributed by atoms with Crippen molar-refractivity contribution in [3.05, 3.63) is 108 Å². The molecular formula is C26H24N2O4. The molecule has 1 aliphatic heterocycles. The average Bonchev–Trinajstić information content (AvgIpc) is 2.79. The van der Waals surface area contributed by atoms with Gasteiger partial charge >= 0.3 is 12.0 Å². The molecule has 2 amide bonds. The third kappa shape index (κ3) is 4.98. The summed E-state index contributed by atoms with van der Waals surface area (Å²) in [5, 5.41) is 5.42. The molecule has 6 nitrogen and oxygen atoms in total. The second-order valence-corrected chi connectivity index (χ2v) is 7.66. The second-order valence-electron chi connectivity index (χ2n) is 7.66. The lowest BCUT2D eigenvalue weighted by atomic mass is 9.89. The predicted molar refractivity (Wildman–Crippen MR) is 121 cm³/mol. The van der Waals surface area contributed by atoms with Gasteiger partial charge in [-0.05, 0) is 42.3 Å². The van der Waals surface area contributed by atoms with Gasteiger partial charge in [0.2, 0.25) is 0 Å². The van der Waals surface area contributed by atoms with Crippen LogP contribution in [0.4, 0.5) is 4.79 Å². The Kier molecular flexibility index (Phi) is 6.22. The number of hydrogen-bond acceptors (Lipinski definition) is 4. The van der Waals surface area contributed by atoms with Crippen molar-refractivity contribution in [3.8, 4) is 11.5 Å². The zero-order chi connectivity index (χ0) is 22.5. The van der Waals surface area contributed by atoms with Crippen molar-refractivity contribution in [2.75, 3.05) is 0 Å². The molecule has 4 rings (SSSR count). The molecular weight excluding hydrogens is 404 g/mol. The number of nitrogens with one attached hydrogen (secondary N) is 2. The van der Waals surface area contributed by atoms with E-state index in [2.05, 4.69) is 17.2 Å². The Morgan fingerprint density at radius 2 is 1.69 bits per heavy atom. The number of carbonyl (C=O) groups is 2. The first-order chi connectivity index (χ1) is 15.5. The van der Waals surface area contributed by atoms with E-state index in [4.69, 9.17) is 9.47 Å². The first-order valence-corrected chi connectivity index (χ1v) is 10.3. The van der Waals surface area contributed by atoms with Gasteiger partial charge in [0, 0.05) is 5.70 Å². The van der Waals surface area contributed by atoms with E-state index in [9.17, 15) is 9.59 Å². The van der Waals surface area contributed by atoms with Crippen LogP contribution in [0, 0.1) is 12.8 Å². The van der Waals surface area contributed by atoms with Gasteiger partial charge in [0.25, 0.3) is 0 Å². The molecule has 3 aromatic rings. The fourth-order valence-corrected chi connectivity index (χ4v) is 3.56. The third-order valence-electron chi connectivity index (χ3n) is 5.22. The van der Waals surface area contributed by atoms with Crippen LogP contribution in [0.15, 0.2) is 91.1 Å². The lowest BCUT2D eigenvalue weighted by Gasteiger charge is -2.33. The first-order valence-electron chi connectivity index (χ1n) is 10.3. The molecule has 1 aliphatic rings. The molecule has 1 fully saturated rings. The minimum Gasteiger partial charge on any atom is -0.460 e. The summed E-state index contributed by atoms with van der Waals surface area (Å²) in [6.45, 7) is 6.03. The van der Waals surface area contributed by atoms with Gasteiger partial charge in [-0.3, -0.25) is 4.79 Å². The molecule has 3 aromatic carbocycles. The number of benzene rings is 3. The van der Waals surface area contributed by atoms with Crippen molar-refractivity contribution in [3.63, 3.8) is 0 Å². The summed E-state index contributed by atoms with van der Waals surface area (Å²) in [6, 6.07) is 23.4. The fraction of sp³-hybridized carbons (Fsp3) is 0.154. The molecule has 0 aliphatic carbocycles. The fourth-order valence-electron chi connectivity index (χ4n) is 3.56. The standard InChI is InChI=1S/C26H24N2O4/c1-17-11-13-19(14-12-17)16-31-25(29)23-18(2)27-26(30)28-24(23)20-7-6-10-22(15-20)32-21-8-4-3-5-9-21/h3-15,23-24H,2,16H2,1H3,(H2,27,28,30). The molecule has 2 N–H and O–H groups in total. The van der Waals surface area contributed by atoms with Gasteiger partial charge in [-0.2, -0.15) is 0 Å². The molecule has 2 atom stereocenters. The van der Waals surface area contributed by atoms with Gasteiger partial charge in [0.1, 0.15) is 24.0 Å². The van der Waals surface area contributed by atoms with Crippen LogP contribution in [0.2, 0.25) is 0 Å². The van der Waals surface area contributed by atoms with E-state index in [0.717, 1.165) is 11.1 Å². The zero-order valence-electron chi connectivity index (χ0n) is 17.7. The summed E-state index contributed by atoms with van der Waals surface area (Å²) in [5.41, 5.74) is 3.02. The number of amides is 2. The Morgan fingerprint density at radius 3 is 2.44 bits per heavy atom. The summed E-state index contributed by atoms with van der Waals surface area (Å²) < 4.78 is 11.5. The van der Waals surface area contributed by atoms with Gasteiger partial charge < -0.3 is 20.1 Å². The Bertz CT molecular complexity index is 1130. The van der Waals surface area contributed by atoms with E-state index in [1.54, 1.807) is 6.07 Å². The van der Waals surface area contributed by atoms with Crippen LogP contribution in [0.3, 0.4) is 0 Å². The molecule has 0 aromatic heterocycles. The largest absolute Gasteiger partial charge is 0.460 e. The number of aryl methyl sites for hydroxylation is 1. The highest BCUT2D eigenvalue weighted by Crippen LogP contribution is 2.33. The number of hydrogen-bond donors (Lipinski definition) is 2. The van der Waals surface area contributed by atoms with Gasteiger partial charge in [-0.1, -0.05) is 66.7 Å². The average molecular weight is 428 g/mol. The minimum atomic E-state index is -0.787. The number of para-hydroxylation sites is 1. The van der Waals surface area contributed by atoms with Crippen molar-refractivity contribution in [2.45, 2.75) is 19.6 Å². The molecule has 1 saturated heterocycles. The van der Waals surface area contributed by atoms with E-state index >= 15 is 0 Å². The number of urea groups is 1. The van der Waals surface area contributed by atoms with Crippen molar-refractivity contribution in [1.29, 1.82) is 0 Å². The summed E-state index contributed by atoms with van der Waals surface area (Å²) >= 11 is 0. The number of esters is 1. The van der Waals surface area contributed by atoms with E-state index in [1.807, 2.05) is 79.7 Å². The van der Waals surface area contributed by atoms with Gasteiger partial charge in [-0.25, -0.2) is 4.79 Å². The van der Waals surface area contributed by atoms with Crippen LogP contribution in [-0.4, -0.2) is 12.0 Å². The molecule has 32 heavy (non-hydrogen) atoms. The number of carbonyl (C=O) groups excluding carboxylic acids is 2. The highest BCUT2D eigenvalue weighted by atomic mass is 16.5. The van der Waals surface area contributed by atoms with E-state index in [1.165, 1.54) is 0 Å². The van der Waals surface area contributed by atoms with Gasteiger partial charge in [0.05, 0.1) is 6.04 Å². The Labute approximate surface area is 186 Å².